The van der Waals surface area contributed by atoms with Gasteiger partial charge in [0, 0.05) is 5.56 Å². The molecule has 0 unspecified atom stereocenters. The average molecular weight is 537 g/mol. The van der Waals surface area contributed by atoms with E-state index in [-0.39, 0.29) is 12.8 Å². The minimum absolute atomic E-state index is 0.102. The first kappa shape index (κ1) is 31.1. The number of benzene rings is 2. The summed E-state index contributed by atoms with van der Waals surface area (Å²) in [4.78, 5) is 37.9. The monoisotopic (exact) mass is 536 g/mol. The van der Waals surface area contributed by atoms with Gasteiger partial charge in [-0.2, -0.15) is 0 Å². The molecule has 0 saturated carbocycles. The summed E-state index contributed by atoms with van der Waals surface area (Å²) in [6.45, 7) is 15.1. The number of alkyl carbamates (subject to hydrolysis) is 1. The first-order chi connectivity index (χ1) is 18.5. The highest BCUT2D eigenvalue weighted by Crippen LogP contribution is 2.35. The number of aryl methyl sites for hydroxylation is 1. The maximum Gasteiger partial charge on any atom is 0.408 e. The van der Waals surface area contributed by atoms with Gasteiger partial charge in [-0.3, -0.25) is 9.59 Å². The molecule has 210 valence electrons. The smallest absolute Gasteiger partial charge is 0.408 e. The van der Waals surface area contributed by atoms with E-state index in [4.69, 9.17) is 14.2 Å². The molecular formula is C31H40N2O6. The summed E-state index contributed by atoms with van der Waals surface area (Å²) in [5.74, 6) is -0.241. The number of carbonyl (C=O) groups is 3. The fourth-order valence-corrected chi connectivity index (χ4v) is 3.92. The van der Waals surface area contributed by atoms with Gasteiger partial charge in [0.15, 0.2) is 0 Å². The van der Waals surface area contributed by atoms with E-state index in [2.05, 4.69) is 23.8 Å². The van der Waals surface area contributed by atoms with Crippen molar-refractivity contribution in [1.29, 1.82) is 0 Å². The van der Waals surface area contributed by atoms with Crippen LogP contribution in [0.5, 0.6) is 5.75 Å². The Kier molecular flexibility index (Phi) is 11.8. The van der Waals surface area contributed by atoms with Gasteiger partial charge in [0.2, 0.25) is 5.91 Å². The molecule has 0 radical (unpaired) electrons. The molecule has 2 aromatic rings. The van der Waals surface area contributed by atoms with Crippen LogP contribution in [0.2, 0.25) is 0 Å². The van der Waals surface area contributed by atoms with Crippen LogP contribution in [0.15, 0.2) is 67.8 Å². The van der Waals surface area contributed by atoms with Crippen molar-refractivity contribution in [2.24, 2.45) is 0 Å². The maximum absolute atomic E-state index is 13.3. The highest BCUT2D eigenvalue weighted by atomic mass is 16.6. The number of hydrogen-bond acceptors (Lipinski definition) is 6. The number of methoxy groups -OCH3 is 1. The Bertz CT molecular complexity index is 1170. The summed E-state index contributed by atoms with van der Waals surface area (Å²) in [7, 11) is 1.29. The molecule has 0 aromatic heterocycles. The molecule has 39 heavy (non-hydrogen) atoms. The second-order valence-corrected chi connectivity index (χ2v) is 10.1. The molecule has 0 aliphatic heterocycles. The van der Waals surface area contributed by atoms with Crippen LogP contribution in [0.25, 0.3) is 11.1 Å². The van der Waals surface area contributed by atoms with Crippen LogP contribution in [0, 0.1) is 6.92 Å². The summed E-state index contributed by atoms with van der Waals surface area (Å²) >= 11 is 0. The van der Waals surface area contributed by atoms with Crippen LogP contribution in [-0.2, 0) is 19.1 Å². The maximum atomic E-state index is 13.3. The van der Waals surface area contributed by atoms with Gasteiger partial charge in [-0.05, 0) is 69.4 Å². The Labute approximate surface area is 231 Å². The average Bonchev–Trinajstić information content (AvgIpc) is 2.87. The lowest BCUT2D eigenvalue weighted by Crippen LogP contribution is -2.49. The summed E-state index contributed by atoms with van der Waals surface area (Å²) < 4.78 is 16.2. The van der Waals surface area contributed by atoms with Gasteiger partial charge >= 0.3 is 12.1 Å². The van der Waals surface area contributed by atoms with E-state index in [0.717, 1.165) is 22.4 Å². The minimum Gasteiger partial charge on any atom is -0.493 e. The van der Waals surface area contributed by atoms with Gasteiger partial charge in [0.25, 0.3) is 0 Å². The highest BCUT2D eigenvalue weighted by Gasteiger charge is 2.27. The topological polar surface area (TPSA) is 103 Å². The van der Waals surface area contributed by atoms with E-state index >= 15 is 0 Å². The summed E-state index contributed by atoms with van der Waals surface area (Å²) in [6, 6.07) is 11.7. The van der Waals surface area contributed by atoms with Crippen molar-refractivity contribution in [3.05, 3.63) is 78.9 Å². The molecule has 0 bridgehead atoms. The molecule has 0 aliphatic rings. The van der Waals surface area contributed by atoms with Gasteiger partial charge in [-0.1, -0.05) is 42.5 Å². The van der Waals surface area contributed by atoms with E-state index in [1.165, 1.54) is 13.2 Å². The molecule has 2 N–H and O–H groups in total. The predicted octanol–water partition coefficient (Wildman–Crippen LogP) is 5.81. The van der Waals surface area contributed by atoms with Crippen molar-refractivity contribution < 1.29 is 28.6 Å². The van der Waals surface area contributed by atoms with Crippen molar-refractivity contribution in [3.8, 4) is 16.9 Å². The lowest BCUT2D eigenvalue weighted by Gasteiger charge is -2.25. The number of hydrogen-bond donors (Lipinski definition) is 2. The van der Waals surface area contributed by atoms with Gasteiger partial charge in [0.1, 0.15) is 17.4 Å². The number of nitrogens with one attached hydrogen (secondary N) is 2. The fraction of sp³-hybridized carbons (Fsp3) is 0.387. The second-order valence-electron chi connectivity index (χ2n) is 10.1. The number of ether oxygens (including phenoxy) is 3. The molecule has 0 saturated heterocycles. The molecule has 2 amide bonds. The zero-order valence-electron chi connectivity index (χ0n) is 23.5. The Morgan fingerprint density at radius 2 is 1.74 bits per heavy atom. The second kappa shape index (κ2) is 14.8. The molecule has 8 heteroatoms. The zero-order chi connectivity index (χ0) is 29.0. The predicted molar refractivity (Wildman–Crippen MR) is 152 cm³/mol. The van der Waals surface area contributed by atoms with Gasteiger partial charge < -0.3 is 24.8 Å². The molecule has 0 aliphatic carbocycles. The molecule has 2 rings (SSSR count). The Balaban J connectivity index is 2.39. The molecule has 8 nitrogen and oxygen atoms in total. The first-order valence-corrected chi connectivity index (χ1v) is 12.9. The molecule has 2 atom stereocenters. The fourth-order valence-electron chi connectivity index (χ4n) is 3.92. The van der Waals surface area contributed by atoms with Crippen LogP contribution in [0.4, 0.5) is 4.79 Å². The lowest BCUT2D eigenvalue weighted by molar-refractivity contribution is -0.141. The molecular weight excluding hydrogens is 496 g/mol. The normalized spacial score (nSPS) is 12.4. The van der Waals surface area contributed by atoms with Gasteiger partial charge in [-0.15, -0.1) is 13.2 Å². The van der Waals surface area contributed by atoms with E-state index in [1.807, 2.05) is 49.4 Å². The van der Waals surface area contributed by atoms with E-state index in [9.17, 15) is 14.4 Å². The number of carbonyl (C=O) groups excluding carboxylic acids is 3. The van der Waals surface area contributed by atoms with Crippen molar-refractivity contribution in [3.63, 3.8) is 0 Å². The Morgan fingerprint density at radius 3 is 2.38 bits per heavy atom. The highest BCUT2D eigenvalue weighted by molar-refractivity contribution is 5.87. The van der Waals surface area contributed by atoms with Crippen LogP contribution in [-0.4, -0.2) is 43.3 Å². The van der Waals surface area contributed by atoms with Crippen LogP contribution < -0.4 is 15.4 Å². The quantitative estimate of drug-likeness (QED) is 0.190. The molecule has 2 aromatic carbocycles. The third-order valence-corrected chi connectivity index (χ3v) is 5.72. The summed E-state index contributed by atoms with van der Waals surface area (Å²) in [5, 5.41) is 5.49. The molecule has 0 fully saturated rings. The number of esters is 1. The third-order valence-electron chi connectivity index (χ3n) is 5.72. The van der Waals surface area contributed by atoms with E-state index < -0.39 is 35.7 Å². The standard InChI is InChI=1S/C31H40N2O6/c1-8-10-18-38-26-17-11-14-21(3)28(26)23-16-12-15-22(19-23)25(20-27(34)37-7)32-29(35)24(13-9-2)33-30(36)39-31(4,5)6/h8-9,11-12,14-17,19,24-25H,1-2,10,13,18,20H2,3-7H3,(H,32,35)(H,33,36)/t24-,25-/m0/s1. The van der Waals surface area contributed by atoms with Crippen molar-refractivity contribution in [1.82, 2.24) is 10.6 Å². The lowest BCUT2D eigenvalue weighted by atomic mass is 9.94. The first-order valence-electron chi connectivity index (χ1n) is 12.9. The minimum atomic E-state index is -0.943. The zero-order valence-corrected chi connectivity index (χ0v) is 23.5. The summed E-state index contributed by atoms with van der Waals surface area (Å²) in [6.07, 6.45) is 3.39. The Hall–Kier alpha value is -4.07. The van der Waals surface area contributed by atoms with Crippen LogP contribution >= 0.6 is 0 Å². The summed E-state index contributed by atoms with van der Waals surface area (Å²) in [5.41, 5.74) is 2.78. The Morgan fingerprint density at radius 1 is 1.03 bits per heavy atom. The molecule has 0 heterocycles. The number of amides is 2. The van der Waals surface area contributed by atoms with E-state index in [0.29, 0.717) is 18.6 Å². The van der Waals surface area contributed by atoms with E-state index in [1.54, 1.807) is 26.8 Å². The SMILES string of the molecule is C=CCCOc1cccc(C)c1-c1cccc([C@H](CC(=O)OC)NC(=O)[C@H](CC=C)NC(=O)OC(C)(C)C)c1. The molecule has 0 spiro atoms. The van der Waals surface area contributed by atoms with Crippen molar-refractivity contribution in [2.75, 3.05) is 13.7 Å². The van der Waals surface area contributed by atoms with Gasteiger partial charge in [0.05, 0.1) is 26.2 Å². The largest absolute Gasteiger partial charge is 0.493 e. The third kappa shape index (κ3) is 9.96. The van der Waals surface area contributed by atoms with Crippen molar-refractivity contribution in [2.45, 2.75) is 64.6 Å². The van der Waals surface area contributed by atoms with Crippen molar-refractivity contribution >= 4 is 18.0 Å². The van der Waals surface area contributed by atoms with Gasteiger partial charge in [-0.25, -0.2) is 4.79 Å². The van der Waals surface area contributed by atoms with Crippen LogP contribution in [0.3, 0.4) is 0 Å². The number of rotatable bonds is 13. The van der Waals surface area contributed by atoms with Crippen LogP contribution in [0.1, 0.15) is 57.2 Å².